The van der Waals surface area contributed by atoms with Gasteiger partial charge >= 0.3 is 0 Å². The normalized spacial score (nSPS) is 13.5. The van der Waals surface area contributed by atoms with Crippen LogP contribution in [0.4, 0.5) is 4.39 Å². The predicted molar refractivity (Wildman–Crippen MR) is 137 cm³/mol. The average molecular weight is 449 g/mol. The minimum atomic E-state index is -0.382. The summed E-state index contributed by atoms with van der Waals surface area (Å²) in [4.78, 5) is 1.14. The fourth-order valence-electron chi connectivity index (χ4n) is 3.00. The summed E-state index contributed by atoms with van der Waals surface area (Å²) in [6, 6.07) is 10.3. The number of ether oxygens (including phenoxy) is 1. The fourth-order valence-corrected chi connectivity index (χ4v) is 4.09. The Labute approximate surface area is 193 Å². The molecule has 0 aliphatic heterocycles. The molecular weight excluding hydrogens is 407 g/mol. The minimum absolute atomic E-state index is 0.0482. The first-order chi connectivity index (χ1) is 15.0. The monoisotopic (exact) mass is 448 g/mol. The van der Waals surface area contributed by atoms with E-state index < -0.39 is 0 Å². The highest BCUT2D eigenvalue weighted by molar-refractivity contribution is 7.19. The molecule has 0 spiro atoms. The molecule has 2 nitrogen and oxygen atoms in total. The van der Waals surface area contributed by atoms with E-state index in [9.17, 15) is 9.50 Å². The van der Waals surface area contributed by atoms with Crippen molar-refractivity contribution in [2.75, 3.05) is 7.11 Å². The summed E-state index contributed by atoms with van der Waals surface area (Å²) in [6.07, 6.45) is 7.93. The Morgan fingerprint density at radius 1 is 1.23 bits per heavy atom. The maximum Gasteiger partial charge on any atom is 0.126 e. The molecular formula is C27H41FO2S. The zero-order chi connectivity index (χ0) is 23.6. The summed E-state index contributed by atoms with van der Waals surface area (Å²) in [7, 11) is 1.65. The van der Waals surface area contributed by atoms with Gasteiger partial charge in [0.15, 0.2) is 0 Å². The van der Waals surface area contributed by atoms with Gasteiger partial charge in [0.2, 0.25) is 0 Å². The van der Waals surface area contributed by atoms with Crippen LogP contribution in [0.2, 0.25) is 0 Å². The number of benzene rings is 1. The van der Waals surface area contributed by atoms with Crippen molar-refractivity contribution in [2.45, 2.75) is 78.9 Å². The number of hydrogen-bond donors (Lipinski definition) is 1. The molecule has 1 heterocycles. The maximum atomic E-state index is 14.5. The molecule has 1 aromatic carbocycles. The molecule has 0 saturated carbocycles. The van der Waals surface area contributed by atoms with Gasteiger partial charge in [-0.25, -0.2) is 4.39 Å². The van der Waals surface area contributed by atoms with E-state index in [1.54, 1.807) is 18.4 Å². The van der Waals surface area contributed by atoms with Crippen LogP contribution in [0.25, 0.3) is 10.1 Å². The molecule has 0 aliphatic rings. The summed E-state index contributed by atoms with van der Waals surface area (Å²) < 4.78 is 20.9. The Bertz CT molecular complexity index is 758. The number of methoxy groups -OCH3 is 1. The maximum absolute atomic E-state index is 14.5. The van der Waals surface area contributed by atoms with Crippen molar-refractivity contribution in [3.63, 3.8) is 0 Å². The Morgan fingerprint density at radius 3 is 2.52 bits per heavy atom. The number of fused-ring (bicyclic) bond motifs is 1. The van der Waals surface area contributed by atoms with Crippen LogP contribution in [-0.2, 0) is 11.2 Å². The average Bonchev–Trinajstić information content (AvgIpc) is 3.21. The third kappa shape index (κ3) is 11.4. The number of thiophene rings is 1. The van der Waals surface area contributed by atoms with Crippen molar-refractivity contribution >= 4 is 21.4 Å². The van der Waals surface area contributed by atoms with Crippen LogP contribution >= 0.6 is 11.3 Å². The first-order valence-electron chi connectivity index (χ1n) is 11.4. The molecule has 0 amide bonds. The largest absolute Gasteiger partial charge is 0.393 e. The molecule has 1 N–H and O–H groups in total. The first-order valence-corrected chi connectivity index (χ1v) is 12.2. The molecule has 2 aromatic rings. The molecule has 2 atom stereocenters. The van der Waals surface area contributed by atoms with Gasteiger partial charge in [-0.1, -0.05) is 64.6 Å². The molecule has 0 bridgehead atoms. The van der Waals surface area contributed by atoms with Gasteiger partial charge in [-0.15, -0.1) is 11.3 Å². The summed E-state index contributed by atoms with van der Waals surface area (Å²) in [5.74, 6) is -0.240. The number of rotatable bonds is 11. The van der Waals surface area contributed by atoms with Gasteiger partial charge in [0, 0.05) is 23.1 Å². The number of aliphatic hydroxyl groups is 1. The van der Waals surface area contributed by atoms with Gasteiger partial charge in [-0.05, 0) is 61.8 Å². The molecule has 1 aromatic heterocycles. The van der Waals surface area contributed by atoms with E-state index in [0.29, 0.717) is 24.8 Å². The fraction of sp³-hybridized carbons (Fsp3) is 0.481. The summed E-state index contributed by atoms with van der Waals surface area (Å²) in [5.41, 5.74) is 0.682. The Balaban J connectivity index is 0.00000212. The molecule has 31 heavy (non-hydrogen) atoms. The number of aliphatic hydroxyl groups excluding tert-OH is 1. The van der Waals surface area contributed by atoms with Gasteiger partial charge < -0.3 is 9.84 Å². The lowest BCUT2D eigenvalue weighted by Crippen LogP contribution is -2.16. The third-order valence-corrected chi connectivity index (χ3v) is 5.67. The highest BCUT2D eigenvalue weighted by atomic mass is 32.1. The first kappa shape index (κ1) is 29.2. The standard InChI is InChI=1S/C23H29FO2S.2C2H6/c1-4-9-22(24)18(10-5-7-12-20(25)14-17(2)26-3)15-21-16-19-11-6-8-13-23(19)27-21;2*1-2/h4,6,8-11,13,16-17,20,25H,1,5,7,12,14-15H2,2-3H3;2*1-2H3/b18-10-,22-9+;;/t17-,20-;;/m1../s1. The van der Waals surface area contributed by atoms with Crippen molar-refractivity contribution in [1.82, 2.24) is 0 Å². The van der Waals surface area contributed by atoms with Crippen LogP contribution in [0.5, 0.6) is 0 Å². The van der Waals surface area contributed by atoms with Crippen LogP contribution in [0.1, 0.15) is 65.2 Å². The van der Waals surface area contributed by atoms with E-state index in [1.165, 1.54) is 22.2 Å². The number of unbranched alkanes of at least 4 members (excludes halogenated alkanes) is 1. The van der Waals surface area contributed by atoms with Crippen LogP contribution < -0.4 is 0 Å². The van der Waals surface area contributed by atoms with E-state index in [2.05, 4.69) is 24.8 Å². The number of halogens is 1. The molecule has 0 aliphatic carbocycles. The lowest BCUT2D eigenvalue weighted by molar-refractivity contribution is 0.0522. The molecule has 174 valence electrons. The topological polar surface area (TPSA) is 29.5 Å². The Kier molecular flexibility index (Phi) is 16.9. The van der Waals surface area contributed by atoms with Gasteiger partial charge in [0.25, 0.3) is 0 Å². The minimum Gasteiger partial charge on any atom is -0.393 e. The SMILES string of the molecule is C=C/C=C(F)\C(=C/CCC[C@@H](O)C[C@@H](C)OC)Cc1cc2ccccc2s1.CC.CC. The van der Waals surface area contributed by atoms with Gasteiger partial charge in [0.05, 0.1) is 12.2 Å². The second-order valence-electron chi connectivity index (χ2n) is 6.77. The van der Waals surface area contributed by atoms with Crippen molar-refractivity contribution < 1.29 is 14.2 Å². The summed E-state index contributed by atoms with van der Waals surface area (Å²) >= 11 is 1.70. The van der Waals surface area contributed by atoms with Crippen LogP contribution in [0.3, 0.4) is 0 Å². The molecule has 0 fully saturated rings. The zero-order valence-corrected chi connectivity index (χ0v) is 21.0. The van der Waals surface area contributed by atoms with E-state index in [-0.39, 0.29) is 18.0 Å². The molecule has 0 saturated heterocycles. The Hall–Kier alpha value is -1.75. The highest BCUT2D eigenvalue weighted by Crippen LogP contribution is 2.29. The summed E-state index contributed by atoms with van der Waals surface area (Å²) in [6.45, 7) is 13.5. The van der Waals surface area contributed by atoms with E-state index in [0.717, 1.165) is 17.7 Å². The van der Waals surface area contributed by atoms with Crippen molar-refractivity contribution in [1.29, 1.82) is 0 Å². The number of allylic oxidation sites excluding steroid dienone is 5. The predicted octanol–water partition coefficient (Wildman–Crippen LogP) is 8.42. The van der Waals surface area contributed by atoms with Gasteiger partial charge in [0.1, 0.15) is 5.83 Å². The van der Waals surface area contributed by atoms with Crippen LogP contribution in [0, 0.1) is 0 Å². The van der Waals surface area contributed by atoms with Crippen molar-refractivity contribution in [3.05, 3.63) is 71.4 Å². The van der Waals surface area contributed by atoms with Crippen LogP contribution in [-0.4, -0.2) is 24.4 Å². The second kappa shape index (κ2) is 17.9. The molecule has 4 heteroatoms. The van der Waals surface area contributed by atoms with Crippen molar-refractivity contribution in [2.24, 2.45) is 0 Å². The van der Waals surface area contributed by atoms with Crippen LogP contribution in [0.15, 0.2) is 66.5 Å². The molecule has 0 radical (unpaired) electrons. The highest BCUT2D eigenvalue weighted by Gasteiger charge is 2.11. The quantitative estimate of drug-likeness (QED) is 0.276. The van der Waals surface area contributed by atoms with E-state index >= 15 is 0 Å². The van der Waals surface area contributed by atoms with E-state index in [1.807, 2.05) is 52.8 Å². The zero-order valence-electron chi connectivity index (χ0n) is 20.2. The summed E-state index contributed by atoms with van der Waals surface area (Å²) in [5, 5.41) is 11.2. The lowest BCUT2D eigenvalue weighted by atomic mass is 10.0. The van der Waals surface area contributed by atoms with Crippen molar-refractivity contribution in [3.8, 4) is 0 Å². The molecule has 0 unspecified atom stereocenters. The second-order valence-corrected chi connectivity index (χ2v) is 7.94. The number of hydrogen-bond acceptors (Lipinski definition) is 3. The van der Waals surface area contributed by atoms with Gasteiger partial charge in [-0.3, -0.25) is 0 Å². The smallest absolute Gasteiger partial charge is 0.126 e. The Morgan fingerprint density at radius 2 is 1.90 bits per heavy atom. The molecule has 2 rings (SSSR count). The lowest BCUT2D eigenvalue weighted by Gasteiger charge is -2.14. The van der Waals surface area contributed by atoms with E-state index in [4.69, 9.17) is 4.74 Å². The third-order valence-electron chi connectivity index (χ3n) is 4.55. The van der Waals surface area contributed by atoms with Gasteiger partial charge in [-0.2, -0.15) is 0 Å².